The maximum Gasteiger partial charge on any atom is 0.239 e. The van der Waals surface area contributed by atoms with Crippen molar-refractivity contribution in [2.24, 2.45) is 0 Å². The van der Waals surface area contributed by atoms with Gasteiger partial charge in [-0.15, -0.1) is 11.6 Å². The number of halogens is 1. The summed E-state index contributed by atoms with van der Waals surface area (Å²) in [6.45, 7) is 2.47. The first kappa shape index (κ1) is 12.2. The molecule has 0 aliphatic rings. The molecule has 0 spiro atoms. The van der Waals surface area contributed by atoms with Crippen LogP contribution in [0.3, 0.4) is 0 Å². The molecule has 0 bridgehead atoms. The third-order valence-electron chi connectivity index (χ3n) is 1.66. The van der Waals surface area contributed by atoms with Gasteiger partial charge in [-0.1, -0.05) is 0 Å². The van der Waals surface area contributed by atoms with Gasteiger partial charge >= 0.3 is 0 Å². The zero-order valence-electron chi connectivity index (χ0n) is 7.97. The molecular formula is C8H15ClN2O2. The molecule has 0 aromatic carbocycles. The van der Waals surface area contributed by atoms with Crippen molar-refractivity contribution in [3.05, 3.63) is 0 Å². The van der Waals surface area contributed by atoms with Crippen LogP contribution < -0.4 is 5.32 Å². The van der Waals surface area contributed by atoms with E-state index in [1.807, 2.05) is 6.92 Å². The van der Waals surface area contributed by atoms with Gasteiger partial charge in [-0.05, 0) is 6.92 Å². The van der Waals surface area contributed by atoms with E-state index in [1.54, 1.807) is 7.05 Å². The fourth-order valence-electron chi connectivity index (χ4n) is 0.868. The SMILES string of the molecule is CCN(CC(=O)NC)C(=O)CCCl. The Balaban J connectivity index is 4.01. The van der Waals surface area contributed by atoms with Gasteiger partial charge in [-0.25, -0.2) is 0 Å². The van der Waals surface area contributed by atoms with Crippen LogP contribution >= 0.6 is 11.6 Å². The molecule has 2 amide bonds. The van der Waals surface area contributed by atoms with E-state index in [2.05, 4.69) is 5.32 Å². The van der Waals surface area contributed by atoms with Gasteiger partial charge in [0.1, 0.15) is 0 Å². The van der Waals surface area contributed by atoms with Gasteiger partial charge in [0.2, 0.25) is 11.8 Å². The fraction of sp³-hybridized carbons (Fsp3) is 0.750. The highest BCUT2D eigenvalue weighted by molar-refractivity contribution is 6.18. The molecule has 0 aromatic heterocycles. The third kappa shape index (κ3) is 4.72. The molecule has 0 heterocycles. The fourth-order valence-corrected chi connectivity index (χ4v) is 1.03. The highest BCUT2D eigenvalue weighted by atomic mass is 35.5. The van der Waals surface area contributed by atoms with Crippen LogP contribution in [0.2, 0.25) is 0 Å². The standard InChI is InChI=1S/C8H15ClN2O2/c1-3-11(6-7(12)10-2)8(13)4-5-9/h3-6H2,1-2H3,(H,10,12). The average molecular weight is 207 g/mol. The molecule has 0 saturated carbocycles. The Kier molecular flexibility index (Phi) is 6.32. The topological polar surface area (TPSA) is 49.4 Å². The van der Waals surface area contributed by atoms with E-state index in [4.69, 9.17) is 11.6 Å². The third-order valence-corrected chi connectivity index (χ3v) is 1.85. The number of carbonyl (C=O) groups is 2. The molecule has 0 saturated heterocycles. The second kappa shape index (κ2) is 6.71. The van der Waals surface area contributed by atoms with Crippen LogP contribution in [0.15, 0.2) is 0 Å². The van der Waals surface area contributed by atoms with E-state index in [9.17, 15) is 9.59 Å². The second-order valence-corrected chi connectivity index (χ2v) is 2.90. The zero-order chi connectivity index (χ0) is 10.3. The number of hydrogen-bond donors (Lipinski definition) is 1. The number of hydrogen-bond acceptors (Lipinski definition) is 2. The molecule has 0 radical (unpaired) electrons. The maximum atomic E-state index is 11.3. The van der Waals surface area contributed by atoms with Crippen LogP contribution in [-0.2, 0) is 9.59 Å². The van der Waals surface area contributed by atoms with Crippen LogP contribution in [-0.4, -0.2) is 42.7 Å². The molecule has 0 aromatic rings. The molecule has 1 N–H and O–H groups in total. The number of nitrogens with zero attached hydrogens (tertiary/aromatic N) is 1. The summed E-state index contributed by atoms with van der Waals surface area (Å²) in [5, 5.41) is 2.46. The lowest BCUT2D eigenvalue weighted by atomic mass is 10.3. The minimum Gasteiger partial charge on any atom is -0.358 e. The number of carbonyl (C=O) groups excluding carboxylic acids is 2. The lowest BCUT2D eigenvalue weighted by Gasteiger charge is -2.19. The lowest BCUT2D eigenvalue weighted by molar-refractivity contribution is -0.135. The number of likely N-dealkylation sites (N-methyl/N-ethyl adjacent to an activating group) is 2. The van der Waals surface area contributed by atoms with Crippen molar-refractivity contribution in [1.29, 1.82) is 0 Å². The minimum atomic E-state index is -0.162. The quantitative estimate of drug-likeness (QED) is 0.654. The molecule has 0 unspecified atom stereocenters. The number of alkyl halides is 1. The van der Waals surface area contributed by atoms with E-state index >= 15 is 0 Å². The van der Waals surface area contributed by atoms with Gasteiger partial charge in [0.25, 0.3) is 0 Å². The van der Waals surface area contributed by atoms with Crippen molar-refractivity contribution in [3.63, 3.8) is 0 Å². The minimum absolute atomic E-state index is 0.0823. The van der Waals surface area contributed by atoms with Crippen molar-refractivity contribution in [2.45, 2.75) is 13.3 Å². The molecule has 0 aliphatic carbocycles. The molecule has 0 atom stereocenters. The Morgan fingerprint density at radius 3 is 2.46 bits per heavy atom. The summed E-state index contributed by atoms with van der Waals surface area (Å²) in [4.78, 5) is 23.7. The number of amides is 2. The van der Waals surface area contributed by atoms with Crippen molar-refractivity contribution < 1.29 is 9.59 Å². The monoisotopic (exact) mass is 206 g/mol. The van der Waals surface area contributed by atoms with Crippen LogP contribution in [0, 0.1) is 0 Å². The largest absolute Gasteiger partial charge is 0.358 e. The maximum absolute atomic E-state index is 11.3. The molecule has 76 valence electrons. The predicted molar refractivity (Wildman–Crippen MR) is 51.7 cm³/mol. The first-order valence-electron chi connectivity index (χ1n) is 4.20. The summed E-state index contributed by atoms with van der Waals surface area (Å²) < 4.78 is 0. The first-order chi connectivity index (χ1) is 6.15. The molecule has 4 nitrogen and oxygen atoms in total. The Morgan fingerprint density at radius 1 is 1.46 bits per heavy atom. The summed E-state index contributed by atoms with van der Waals surface area (Å²) >= 11 is 5.42. The summed E-state index contributed by atoms with van der Waals surface area (Å²) in [6, 6.07) is 0. The lowest BCUT2D eigenvalue weighted by Crippen LogP contribution is -2.39. The van der Waals surface area contributed by atoms with Crippen LogP contribution in [0.5, 0.6) is 0 Å². The van der Waals surface area contributed by atoms with Crippen molar-refractivity contribution in [3.8, 4) is 0 Å². The van der Waals surface area contributed by atoms with Crippen molar-refractivity contribution >= 4 is 23.4 Å². The summed E-state index contributed by atoms with van der Waals surface area (Å²) in [5.74, 6) is 0.0502. The average Bonchev–Trinajstić information content (AvgIpc) is 2.14. The highest BCUT2D eigenvalue weighted by Gasteiger charge is 2.13. The van der Waals surface area contributed by atoms with Gasteiger partial charge in [0.05, 0.1) is 6.54 Å². The van der Waals surface area contributed by atoms with Gasteiger partial charge in [-0.3, -0.25) is 9.59 Å². The molecule has 13 heavy (non-hydrogen) atoms. The first-order valence-corrected chi connectivity index (χ1v) is 4.73. The Hall–Kier alpha value is -0.770. The molecular weight excluding hydrogens is 192 g/mol. The molecule has 0 aliphatic heterocycles. The van der Waals surface area contributed by atoms with E-state index < -0.39 is 0 Å². The van der Waals surface area contributed by atoms with E-state index in [0.717, 1.165) is 0 Å². The molecule has 0 rings (SSSR count). The van der Waals surface area contributed by atoms with E-state index in [-0.39, 0.29) is 24.8 Å². The summed E-state index contributed by atoms with van der Waals surface area (Å²) in [7, 11) is 1.54. The van der Waals surface area contributed by atoms with Crippen LogP contribution in [0.1, 0.15) is 13.3 Å². The number of rotatable bonds is 5. The molecule has 0 fully saturated rings. The Labute approximate surface area is 83.2 Å². The van der Waals surface area contributed by atoms with Crippen molar-refractivity contribution in [1.82, 2.24) is 10.2 Å². The second-order valence-electron chi connectivity index (χ2n) is 2.52. The van der Waals surface area contributed by atoms with Gasteiger partial charge < -0.3 is 10.2 Å². The smallest absolute Gasteiger partial charge is 0.239 e. The molecule has 5 heteroatoms. The Bertz CT molecular complexity index is 185. The zero-order valence-corrected chi connectivity index (χ0v) is 8.73. The van der Waals surface area contributed by atoms with Crippen LogP contribution in [0.25, 0.3) is 0 Å². The van der Waals surface area contributed by atoms with Gasteiger partial charge in [0.15, 0.2) is 0 Å². The van der Waals surface area contributed by atoms with E-state index in [1.165, 1.54) is 4.90 Å². The number of nitrogens with one attached hydrogen (secondary N) is 1. The highest BCUT2D eigenvalue weighted by Crippen LogP contribution is 1.95. The van der Waals surface area contributed by atoms with Gasteiger partial charge in [-0.2, -0.15) is 0 Å². The predicted octanol–water partition coefficient (Wildman–Crippen LogP) is 0.210. The summed E-state index contributed by atoms with van der Waals surface area (Å²) in [5.41, 5.74) is 0. The van der Waals surface area contributed by atoms with Crippen LogP contribution in [0.4, 0.5) is 0 Å². The van der Waals surface area contributed by atoms with Gasteiger partial charge in [0, 0.05) is 25.9 Å². The Morgan fingerprint density at radius 2 is 2.08 bits per heavy atom. The summed E-state index contributed by atoms with van der Waals surface area (Å²) in [6.07, 6.45) is 0.284. The normalized spacial score (nSPS) is 9.46. The van der Waals surface area contributed by atoms with Crippen molar-refractivity contribution in [2.75, 3.05) is 26.0 Å². The van der Waals surface area contributed by atoms with E-state index in [0.29, 0.717) is 12.4 Å².